The van der Waals surface area contributed by atoms with Gasteiger partial charge in [0.2, 0.25) is 5.91 Å². The Kier molecular flexibility index (Phi) is 3.00. The van der Waals surface area contributed by atoms with Gasteiger partial charge in [0, 0.05) is 6.54 Å². The molecule has 0 spiro atoms. The molecule has 1 aromatic carbocycles. The summed E-state index contributed by atoms with van der Waals surface area (Å²) in [6.45, 7) is 4.18. The van der Waals surface area contributed by atoms with Gasteiger partial charge < -0.3 is 4.90 Å². The third-order valence-corrected chi connectivity index (χ3v) is 4.23. The first-order valence-corrected chi connectivity index (χ1v) is 6.90. The molecule has 2 atom stereocenters. The van der Waals surface area contributed by atoms with Crippen LogP contribution >= 0.6 is 0 Å². The molecule has 2 heterocycles. The molecular formula is C15H17FN2O2. The Balaban J connectivity index is 2.05. The Morgan fingerprint density at radius 1 is 1.25 bits per heavy atom. The standard InChI is InChI=1S/C15H17FN2O2/c1-9-5-6-11(16)8-13(9)18-10(2)14(19)17-7-3-4-12(17)15(18)20/h5-6,8,10,12H,3-4,7H2,1-2H3. The molecule has 0 aromatic heterocycles. The summed E-state index contributed by atoms with van der Waals surface area (Å²) in [5.74, 6) is -0.536. The Morgan fingerprint density at radius 3 is 2.75 bits per heavy atom. The highest BCUT2D eigenvalue weighted by Gasteiger charge is 2.46. The van der Waals surface area contributed by atoms with Crippen LogP contribution in [0.5, 0.6) is 0 Å². The van der Waals surface area contributed by atoms with Gasteiger partial charge >= 0.3 is 0 Å². The molecule has 2 aliphatic heterocycles. The average molecular weight is 276 g/mol. The van der Waals surface area contributed by atoms with E-state index in [9.17, 15) is 14.0 Å². The molecule has 4 nitrogen and oxygen atoms in total. The Hall–Kier alpha value is -1.91. The molecule has 5 heteroatoms. The zero-order valence-corrected chi connectivity index (χ0v) is 11.6. The van der Waals surface area contributed by atoms with E-state index in [-0.39, 0.29) is 17.9 Å². The highest BCUT2D eigenvalue weighted by Crippen LogP contribution is 2.32. The third kappa shape index (κ3) is 1.80. The molecule has 20 heavy (non-hydrogen) atoms. The molecule has 2 saturated heterocycles. The van der Waals surface area contributed by atoms with Crippen molar-refractivity contribution in [1.82, 2.24) is 4.90 Å². The highest BCUT2D eigenvalue weighted by molar-refractivity contribution is 6.08. The van der Waals surface area contributed by atoms with Gasteiger partial charge in [-0.15, -0.1) is 0 Å². The second-order valence-corrected chi connectivity index (χ2v) is 5.50. The summed E-state index contributed by atoms with van der Waals surface area (Å²) >= 11 is 0. The van der Waals surface area contributed by atoms with Gasteiger partial charge in [0.1, 0.15) is 17.9 Å². The fourth-order valence-corrected chi connectivity index (χ4v) is 3.16. The van der Waals surface area contributed by atoms with Gasteiger partial charge in [0.25, 0.3) is 5.91 Å². The van der Waals surface area contributed by atoms with Crippen molar-refractivity contribution in [2.24, 2.45) is 0 Å². The van der Waals surface area contributed by atoms with Gasteiger partial charge in [-0.3, -0.25) is 14.5 Å². The van der Waals surface area contributed by atoms with E-state index in [0.717, 1.165) is 12.0 Å². The zero-order valence-electron chi connectivity index (χ0n) is 11.6. The van der Waals surface area contributed by atoms with Crippen molar-refractivity contribution in [3.05, 3.63) is 29.6 Å². The smallest absolute Gasteiger partial charge is 0.250 e. The topological polar surface area (TPSA) is 40.6 Å². The second kappa shape index (κ2) is 4.58. The van der Waals surface area contributed by atoms with E-state index in [2.05, 4.69) is 0 Å². The molecular weight excluding hydrogens is 259 g/mol. The molecule has 0 saturated carbocycles. The normalized spacial score (nSPS) is 26.1. The fourth-order valence-electron chi connectivity index (χ4n) is 3.16. The Morgan fingerprint density at radius 2 is 2.00 bits per heavy atom. The minimum Gasteiger partial charge on any atom is -0.329 e. The van der Waals surface area contributed by atoms with E-state index in [0.29, 0.717) is 18.7 Å². The Bertz CT molecular complexity index is 587. The van der Waals surface area contributed by atoms with Crippen LogP contribution in [0, 0.1) is 12.7 Å². The summed E-state index contributed by atoms with van der Waals surface area (Å²) in [6.07, 6.45) is 1.55. The van der Waals surface area contributed by atoms with Crippen molar-refractivity contribution < 1.29 is 14.0 Å². The first-order valence-electron chi connectivity index (χ1n) is 6.90. The first kappa shape index (κ1) is 13.1. The van der Waals surface area contributed by atoms with Crippen LogP contribution in [0.4, 0.5) is 10.1 Å². The molecule has 106 valence electrons. The van der Waals surface area contributed by atoms with Crippen molar-refractivity contribution in [2.75, 3.05) is 11.4 Å². The van der Waals surface area contributed by atoms with Gasteiger partial charge in [-0.2, -0.15) is 0 Å². The summed E-state index contributed by atoms with van der Waals surface area (Å²) in [5.41, 5.74) is 1.30. The summed E-state index contributed by atoms with van der Waals surface area (Å²) in [5, 5.41) is 0. The lowest BCUT2D eigenvalue weighted by molar-refractivity contribution is -0.143. The van der Waals surface area contributed by atoms with E-state index in [4.69, 9.17) is 0 Å². The number of anilines is 1. The summed E-state index contributed by atoms with van der Waals surface area (Å²) in [4.78, 5) is 28.1. The average Bonchev–Trinajstić information content (AvgIpc) is 2.90. The minimum atomic E-state index is -0.572. The lowest BCUT2D eigenvalue weighted by Crippen LogP contribution is -2.62. The van der Waals surface area contributed by atoms with Crippen molar-refractivity contribution >= 4 is 17.5 Å². The molecule has 2 aliphatic rings. The number of carbonyl (C=O) groups excluding carboxylic acids is 2. The third-order valence-electron chi connectivity index (χ3n) is 4.23. The number of hydrogen-bond donors (Lipinski definition) is 0. The summed E-state index contributed by atoms with van der Waals surface area (Å²) < 4.78 is 13.5. The monoisotopic (exact) mass is 276 g/mol. The minimum absolute atomic E-state index is 0.0456. The maximum Gasteiger partial charge on any atom is 0.250 e. The van der Waals surface area contributed by atoms with E-state index in [1.54, 1.807) is 17.9 Å². The molecule has 1 aromatic rings. The predicted octanol–water partition coefficient (Wildman–Crippen LogP) is 1.86. The maximum absolute atomic E-state index is 13.5. The number of hydrogen-bond acceptors (Lipinski definition) is 2. The number of piperazine rings is 1. The summed E-state index contributed by atoms with van der Waals surface area (Å²) in [6, 6.07) is 3.39. The second-order valence-electron chi connectivity index (χ2n) is 5.50. The lowest BCUT2D eigenvalue weighted by atomic mass is 10.0. The van der Waals surface area contributed by atoms with Crippen LogP contribution in [0.3, 0.4) is 0 Å². The molecule has 2 amide bonds. The first-order chi connectivity index (χ1) is 9.50. The van der Waals surface area contributed by atoms with Crippen molar-refractivity contribution in [1.29, 1.82) is 0 Å². The van der Waals surface area contributed by atoms with Gasteiger partial charge in [-0.25, -0.2) is 4.39 Å². The summed E-state index contributed by atoms with van der Waals surface area (Å²) in [7, 11) is 0. The van der Waals surface area contributed by atoms with Crippen LogP contribution < -0.4 is 4.90 Å². The highest BCUT2D eigenvalue weighted by atomic mass is 19.1. The van der Waals surface area contributed by atoms with Crippen molar-refractivity contribution in [3.8, 4) is 0 Å². The van der Waals surface area contributed by atoms with Crippen LogP contribution in [0.1, 0.15) is 25.3 Å². The zero-order chi connectivity index (χ0) is 14.4. The van der Waals surface area contributed by atoms with E-state index in [1.165, 1.54) is 17.0 Å². The predicted molar refractivity (Wildman–Crippen MR) is 72.8 cm³/mol. The number of nitrogens with zero attached hydrogens (tertiary/aromatic N) is 2. The molecule has 0 aliphatic carbocycles. The number of halogens is 1. The van der Waals surface area contributed by atoms with E-state index < -0.39 is 11.9 Å². The molecule has 2 fully saturated rings. The number of carbonyl (C=O) groups is 2. The fraction of sp³-hybridized carbons (Fsp3) is 0.467. The van der Waals surface area contributed by atoms with E-state index >= 15 is 0 Å². The maximum atomic E-state index is 13.5. The van der Waals surface area contributed by atoms with Crippen LogP contribution in [-0.2, 0) is 9.59 Å². The van der Waals surface area contributed by atoms with Crippen LogP contribution in [0.15, 0.2) is 18.2 Å². The van der Waals surface area contributed by atoms with Crippen molar-refractivity contribution in [2.45, 2.75) is 38.8 Å². The van der Waals surface area contributed by atoms with Crippen molar-refractivity contribution in [3.63, 3.8) is 0 Å². The number of amides is 2. The molecule has 0 bridgehead atoms. The van der Waals surface area contributed by atoms with E-state index in [1.807, 2.05) is 6.92 Å². The molecule has 2 unspecified atom stereocenters. The number of benzene rings is 1. The van der Waals surface area contributed by atoms with Gasteiger partial charge in [-0.05, 0) is 44.4 Å². The molecule has 3 rings (SSSR count). The number of rotatable bonds is 1. The van der Waals surface area contributed by atoms with Gasteiger partial charge in [-0.1, -0.05) is 6.07 Å². The SMILES string of the molecule is Cc1ccc(F)cc1N1C(=O)C2CCCN2C(=O)C1C. The largest absolute Gasteiger partial charge is 0.329 e. The number of fused-ring (bicyclic) bond motifs is 1. The van der Waals surface area contributed by atoms with Crippen LogP contribution in [0.25, 0.3) is 0 Å². The molecule has 0 N–H and O–H groups in total. The van der Waals surface area contributed by atoms with Gasteiger partial charge in [0.15, 0.2) is 0 Å². The number of aryl methyl sites for hydroxylation is 1. The quantitative estimate of drug-likeness (QED) is 0.785. The van der Waals surface area contributed by atoms with Gasteiger partial charge in [0.05, 0.1) is 5.69 Å². The molecule has 0 radical (unpaired) electrons. The van der Waals surface area contributed by atoms with Crippen LogP contribution in [0.2, 0.25) is 0 Å². The lowest BCUT2D eigenvalue weighted by Gasteiger charge is -2.41. The Labute approximate surface area is 117 Å². The van der Waals surface area contributed by atoms with Crippen LogP contribution in [-0.4, -0.2) is 35.3 Å².